The molecule has 0 aliphatic rings. The lowest BCUT2D eigenvalue weighted by Gasteiger charge is -2.23. The summed E-state index contributed by atoms with van der Waals surface area (Å²) in [7, 11) is 0.132. The molecule has 0 heterocycles. The van der Waals surface area contributed by atoms with Gasteiger partial charge >= 0.3 is 0 Å². The molecule has 0 radical (unpaired) electrons. The molecule has 0 aliphatic heterocycles. The number of hydrogen-bond acceptors (Lipinski definition) is 4. The second kappa shape index (κ2) is 8.34. The van der Waals surface area contributed by atoms with Crippen molar-refractivity contribution in [2.75, 3.05) is 41.4 Å². The lowest BCUT2D eigenvalue weighted by Crippen LogP contribution is -2.33. The summed E-state index contributed by atoms with van der Waals surface area (Å²) < 4.78 is 51.4. The van der Waals surface area contributed by atoms with Gasteiger partial charge < -0.3 is 10.2 Å². The zero-order valence-electron chi connectivity index (χ0n) is 15.2. The van der Waals surface area contributed by atoms with Gasteiger partial charge in [-0.3, -0.25) is 9.10 Å². The Morgan fingerprint density at radius 2 is 1.59 bits per heavy atom. The van der Waals surface area contributed by atoms with E-state index in [1.165, 1.54) is 6.07 Å². The van der Waals surface area contributed by atoms with Gasteiger partial charge in [0.25, 0.3) is 0 Å². The van der Waals surface area contributed by atoms with E-state index >= 15 is 0 Å². The summed E-state index contributed by atoms with van der Waals surface area (Å²) in [5, 5.41) is 2.42. The highest BCUT2D eigenvalue weighted by Gasteiger charge is 2.19. The van der Waals surface area contributed by atoms with Crippen LogP contribution in [0.3, 0.4) is 0 Å². The van der Waals surface area contributed by atoms with Gasteiger partial charge in [-0.25, -0.2) is 17.2 Å². The first kappa shape index (κ1) is 20.6. The molecule has 0 fully saturated rings. The van der Waals surface area contributed by atoms with Crippen molar-refractivity contribution in [3.8, 4) is 0 Å². The lowest BCUT2D eigenvalue weighted by molar-refractivity contribution is -0.116. The summed E-state index contributed by atoms with van der Waals surface area (Å²) in [6, 6.07) is 9.85. The van der Waals surface area contributed by atoms with Crippen LogP contribution < -0.4 is 14.5 Å². The Kier molecular flexibility index (Phi) is 6.37. The highest BCUT2D eigenvalue weighted by atomic mass is 32.2. The zero-order valence-corrected chi connectivity index (χ0v) is 16.1. The third-order valence-corrected chi connectivity index (χ3v) is 4.99. The van der Waals surface area contributed by atoms with E-state index in [9.17, 15) is 22.0 Å². The number of halogens is 2. The van der Waals surface area contributed by atoms with E-state index < -0.39 is 27.6 Å². The summed E-state index contributed by atoms with van der Waals surface area (Å²) in [5.41, 5.74) is 1.44. The first-order valence-corrected chi connectivity index (χ1v) is 9.93. The molecular weight excluding hydrogens is 376 g/mol. The fourth-order valence-corrected chi connectivity index (χ4v) is 3.33. The number of sulfonamides is 1. The monoisotopic (exact) mass is 397 g/mol. The van der Waals surface area contributed by atoms with E-state index in [0.717, 1.165) is 28.4 Å². The van der Waals surface area contributed by atoms with Crippen LogP contribution in [0.2, 0.25) is 0 Å². The molecule has 2 aromatic rings. The molecule has 2 rings (SSSR count). The van der Waals surface area contributed by atoms with E-state index in [2.05, 4.69) is 5.32 Å². The van der Waals surface area contributed by atoms with Crippen LogP contribution in [0.5, 0.6) is 0 Å². The summed E-state index contributed by atoms with van der Waals surface area (Å²) in [4.78, 5) is 13.9. The van der Waals surface area contributed by atoms with Crippen molar-refractivity contribution in [2.24, 2.45) is 0 Å². The maximum absolute atomic E-state index is 13.2. The standard InChI is InChI=1S/C18H21F2N3O3S/c1-22(2)14-5-7-15(8-6-14)23(27(3,25)26)11-10-18(24)21-13-4-9-16(19)17(20)12-13/h4-9,12H,10-11H2,1-3H3,(H,21,24). The molecule has 0 saturated heterocycles. The maximum Gasteiger partial charge on any atom is 0.232 e. The van der Waals surface area contributed by atoms with Gasteiger partial charge in [-0.15, -0.1) is 0 Å². The second-order valence-electron chi connectivity index (χ2n) is 6.17. The van der Waals surface area contributed by atoms with Crippen molar-refractivity contribution < 1.29 is 22.0 Å². The van der Waals surface area contributed by atoms with Crippen LogP contribution in [-0.2, 0) is 14.8 Å². The minimum Gasteiger partial charge on any atom is -0.378 e. The number of benzene rings is 2. The Balaban J connectivity index is 2.08. The maximum atomic E-state index is 13.2. The van der Waals surface area contributed by atoms with Gasteiger partial charge in [0, 0.05) is 44.5 Å². The van der Waals surface area contributed by atoms with Gasteiger partial charge in [0.1, 0.15) is 0 Å². The number of hydrogen-bond donors (Lipinski definition) is 1. The van der Waals surface area contributed by atoms with Crippen LogP contribution >= 0.6 is 0 Å². The molecule has 6 nitrogen and oxygen atoms in total. The van der Waals surface area contributed by atoms with E-state index in [1.54, 1.807) is 24.3 Å². The predicted octanol–water partition coefficient (Wildman–Crippen LogP) is 2.83. The highest BCUT2D eigenvalue weighted by Crippen LogP contribution is 2.22. The molecule has 0 atom stereocenters. The molecule has 0 spiro atoms. The number of carbonyl (C=O) groups excluding carboxylic acids is 1. The molecule has 146 valence electrons. The van der Waals surface area contributed by atoms with Gasteiger partial charge in [0.2, 0.25) is 15.9 Å². The molecule has 27 heavy (non-hydrogen) atoms. The normalized spacial score (nSPS) is 11.1. The van der Waals surface area contributed by atoms with Gasteiger partial charge in [-0.05, 0) is 36.4 Å². The van der Waals surface area contributed by atoms with Crippen LogP contribution in [0.25, 0.3) is 0 Å². The smallest absolute Gasteiger partial charge is 0.232 e. The predicted molar refractivity (Wildman–Crippen MR) is 103 cm³/mol. The van der Waals surface area contributed by atoms with Crippen molar-refractivity contribution in [3.63, 3.8) is 0 Å². The fraction of sp³-hybridized carbons (Fsp3) is 0.278. The van der Waals surface area contributed by atoms with Crippen LogP contribution in [0, 0.1) is 11.6 Å². The summed E-state index contributed by atoms with van der Waals surface area (Å²) in [6.07, 6.45) is 0.904. The third-order valence-electron chi connectivity index (χ3n) is 3.80. The number of amides is 1. The number of carbonyl (C=O) groups is 1. The average Bonchev–Trinajstić information content (AvgIpc) is 2.57. The number of nitrogens with zero attached hydrogens (tertiary/aromatic N) is 2. The highest BCUT2D eigenvalue weighted by molar-refractivity contribution is 7.92. The van der Waals surface area contributed by atoms with Crippen LogP contribution in [0.4, 0.5) is 25.8 Å². The molecule has 1 amide bonds. The fourth-order valence-electron chi connectivity index (χ4n) is 2.40. The molecular formula is C18H21F2N3O3S. The summed E-state index contributed by atoms with van der Waals surface area (Å²) in [6.45, 7) is -0.0876. The summed E-state index contributed by atoms with van der Waals surface area (Å²) >= 11 is 0. The van der Waals surface area contributed by atoms with Crippen LogP contribution in [0.15, 0.2) is 42.5 Å². The third kappa shape index (κ3) is 5.65. The molecule has 2 aromatic carbocycles. The molecule has 0 unspecified atom stereocenters. The van der Waals surface area contributed by atoms with Crippen LogP contribution in [-0.4, -0.2) is 41.2 Å². The SMILES string of the molecule is CN(C)c1ccc(N(CCC(=O)Nc2ccc(F)c(F)c2)S(C)(=O)=O)cc1. The van der Waals surface area contributed by atoms with E-state index in [1.807, 2.05) is 19.0 Å². The Labute approximate surface area is 157 Å². The molecule has 0 aliphatic carbocycles. The zero-order chi connectivity index (χ0) is 20.2. The van der Waals surface area contributed by atoms with Gasteiger partial charge in [0.05, 0.1) is 11.9 Å². The quantitative estimate of drug-likeness (QED) is 0.780. The van der Waals surface area contributed by atoms with E-state index in [-0.39, 0.29) is 18.7 Å². The van der Waals surface area contributed by atoms with Crippen molar-refractivity contribution >= 4 is 33.0 Å². The first-order chi connectivity index (χ1) is 12.6. The first-order valence-electron chi connectivity index (χ1n) is 8.08. The average molecular weight is 397 g/mol. The second-order valence-corrected chi connectivity index (χ2v) is 8.08. The van der Waals surface area contributed by atoms with Crippen molar-refractivity contribution in [1.29, 1.82) is 0 Å². The van der Waals surface area contributed by atoms with E-state index in [4.69, 9.17) is 0 Å². The number of rotatable bonds is 7. The minimum absolute atomic E-state index is 0.0876. The number of nitrogens with one attached hydrogen (secondary N) is 1. The largest absolute Gasteiger partial charge is 0.378 e. The Morgan fingerprint density at radius 1 is 1.00 bits per heavy atom. The van der Waals surface area contributed by atoms with Gasteiger partial charge in [-0.2, -0.15) is 0 Å². The summed E-state index contributed by atoms with van der Waals surface area (Å²) in [5.74, 6) is -2.61. The Morgan fingerprint density at radius 3 is 2.11 bits per heavy atom. The van der Waals surface area contributed by atoms with Gasteiger partial charge in [-0.1, -0.05) is 0 Å². The Hall–Kier alpha value is -2.68. The minimum atomic E-state index is -3.60. The molecule has 0 bridgehead atoms. The van der Waals surface area contributed by atoms with Crippen molar-refractivity contribution in [3.05, 3.63) is 54.1 Å². The molecule has 0 aromatic heterocycles. The lowest BCUT2D eigenvalue weighted by atomic mass is 10.2. The Bertz CT molecular complexity index is 916. The van der Waals surface area contributed by atoms with Crippen molar-refractivity contribution in [2.45, 2.75) is 6.42 Å². The van der Waals surface area contributed by atoms with Crippen LogP contribution in [0.1, 0.15) is 6.42 Å². The van der Waals surface area contributed by atoms with Crippen molar-refractivity contribution in [1.82, 2.24) is 0 Å². The van der Waals surface area contributed by atoms with Gasteiger partial charge in [0.15, 0.2) is 11.6 Å². The molecule has 0 saturated carbocycles. The molecule has 1 N–H and O–H groups in total. The topological polar surface area (TPSA) is 69.7 Å². The number of anilines is 3. The van der Waals surface area contributed by atoms with E-state index in [0.29, 0.717) is 5.69 Å². The molecule has 9 heteroatoms.